The number of nitrogens with one attached hydrogen (secondary N) is 2. The summed E-state index contributed by atoms with van der Waals surface area (Å²) in [4.78, 5) is 54.0. The number of aromatic nitrogens is 2. The first kappa shape index (κ1) is 37.9. The maximum Gasteiger partial charge on any atom is 0.259 e. The number of carbonyl (C=O) groups is 3. The van der Waals surface area contributed by atoms with Gasteiger partial charge in [0.25, 0.3) is 5.91 Å². The van der Waals surface area contributed by atoms with Crippen molar-refractivity contribution in [3.8, 4) is 22.9 Å². The fraction of sp³-hybridized carbons (Fsp3) is 0.585. The molecule has 12 nitrogen and oxygen atoms in total. The van der Waals surface area contributed by atoms with Crippen molar-refractivity contribution < 1.29 is 32.3 Å². The molecular weight excluding hydrogens is 739 g/mol. The highest BCUT2D eigenvalue weighted by Crippen LogP contribution is 2.47. The quantitative estimate of drug-likeness (QED) is 0.255. The molecule has 5 aliphatic rings. The summed E-state index contributed by atoms with van der Waals surface area (Å²) in [6, 6.07) is 5.74. The van der Waals surface area contributed by atoms with Crippen LogP contribution in [0.1, 0.15) is 100.0 Å². The van der Waals surface area contributed by atoms with Crippen LogP contribution < -0.4 is 19.5 Å². The number of nitrogens with zero attached hydrogens (tertiary/aromatic N) is 3. The summed E-state index contributed by atoms with van der Waals surface area (Å²) in [5, 5.41) is 6.39. The topological polar surface area (TPSA) is 157 Å². The lowest BCUT2D eigenvalue weighted by atomic mass is 9.90. The van der Waals surface area contributed by atoms with Gasteiger partial charge in [-0.25, -0.2) is 18.4 Å². The summed E-state index contributed by atoms with van der Waals surface area (Å²) in [5.74, 6) is -1.36. The largest absolute Gasteiger partial charge is 0.496 e. The van der Waals surface area contributed by atoms with Gasteiger partial charge in [-0.05, 0) is 83.3 Å². The lowest BCUT2D eigenvalue weighted by Gasteiger charge is -2.26. The normalized spacial score (nSPS) is 27.9. The molecule has 1 aliphatic heterocycles. The average molecular weight is 790 g/mol. The van der Waals surface area contributed by atoms with E-state index >= 15 is 0 Å². The number of hydrogen-bond donors (Lipinski definition) is 2. The predicted octanol–water partition coefficient (Wildman–Crippen LogP) is 6.18. The Hall–Kier alpha value is -4.04. The van der Waals surface area contributed by atoms with E-state index in [2.05, 4.69) is 15.4 Å². The Morgan fingerprint density at radius 2 is 1.78 bits per heavy atom. The first-order valence-electron chi connectivity index (χ1n) is 19.9. The van der Waals surface area contributed by atoms with Crippen LogP contribution in [-0.2, 0) is 24.4 Å². The van der Waals surface area contributed by atoms with E-state index in [0.29, 0.717) is 55.3 Å². The summed E-state index contributed by atoms with van der Waals surface area (Å²) in [6.07, 6.45) is 13.7. The first-order chi connectivity index (χ1) is 26.5. The fourth-order valence-corrected chi connectivity index (χ4v) is 11.2. The molecule has 3 aromatic rings. The van der Waals surface area contributed by atoms with Crippen LogP contribution in [0.5, 0.6) is 11.5 Å². The Morgan fingerprint density at radius 3 is 2.55 bits per heavy atom. The van der Waals surface area contributed by atoms with Crippen molar-refractivity contribution in [2.24, 2.45) is 17.8 Å². The number of methoxy groups -OCH3 is 1. The molecule has 1 aromatic carbocycles. The maximum atomic E-state index is 14.4. The number of ether oxygens (including phenoxy) is 2. The molecule has 4 fully saturated rings. The highest BCUT2D eigenvalue weighted by Gasteiger charge is 2.62. The van der Waals surface area contributed by atoms with E-state index in [0.717, 1.165) is 59.3 Å². The molecule has 8 rings (SSSR count). The van der Waals surface area contributed by atoms with Gasteiger partial charge < -0.3 is 19.7 Å². The van der Waals surface area contributed by atoms with Crippen LogP contribution >= 0.6 is 11.3 Å². The third kappa shape index (κ3) is 7.60. The molecule has 4 saturated carbocycles. The molecule has 3 heterocycles. The van der Waals surface area contributed by atoms with Gasteiger partial charge in [0, 0.05) is 47.8 Å². The van der Waals surface area contributed by atoms with Gasteiger partial charge in [0.05, 0.1) is 46.1 Å². The van der Waals surface area contributed by atoms with Crippen LogP contribution in [0, 0.1) is 24.7 Å². The van der Waals surface area contributed by atoms with Crippen LogP contribution in [0.3, 0.4) is 0 Å². The number of aryl methyl sites for hydroxylation is 1. The van der Waals surface area contributed by atoms with E-state index in [1.54, 1.807) is 30.4 Å². The van der Waals surface area contributed by atoms with E-state index in [4.69, 9.17) is 19.4 Å². The molecule has 0 spiro atoms. The van der Waals surface area contributed by atoms with Crippen molar-refractivity contribution in [1.29, 1.82) is 0 Å². The van der Waals surface area contributed by atoms with Crippen molar-refractivity contribution >= 4 is 50.0 Å². The summed E-state index contributed by atoms with van der Waals surface area (Å²) < 4.78 is 40.4. The number of allylic oxidation sites excluding steroid dienone is 1. The zero-order chi connectivity index (χ0) is 38.5. The van der Waals surface area contributed by atoms with Gasteiger partial charge >= 0.3 is 0 Å². The number of fused-ring (bicyclic) bond motifs is 3. The van der Waals surface area contributed by atoms with Gasteiger partial charge in [0.15, 0.2) is 0 Å². The molecule has 3 amide bonds. The van der Waals surface area contributed by atoms with Crippen LogP contribution in [0.15, 0.2) is 35.7 Å². The number of carbonyl (C=O) groups excluding carboxylic acids is 3. The lowest BCUT2D eigenvalue weighted by molar-refractivity contribution is -0.140. The molecule has 0 saturated heterocycles. The second-order valence-electron chi connectivity index (χ2n) is 16.3. The number of hydrogen-bond acceptors (Lipinski definition) is 10. The third-order valence-corrected chi connectivity index (χ3v) is 15.2. The molecule has 0 radical (unpaired) electrons. The summed E-state index contributed by atoms with van der Waals surface area (Å²) >= 11 is 1.68. The second-order valence-corrected chi connectivity index (χ2v) is 19.1. The van der Waals surface area contributed by atoms with E-state index in [1.807, 2.05) is 37.3 Å². The van der Waals surface area contributed by atoms with E-state index < -0.39 is 50.6 Å². The molecule has 0 bridgehead atoms. The minimum absolute atomic E-state index is 0.139. The van der Waals surface area contributed by atoms with Gasteiger partial charge in [-0.3, -0.25) is 19.1 Å². The Kier molecular flexibility index (Phi) is 10.4. The van der Waals surface area contributed by atoms with Gasteiger partial charge in [0.2, 0.25) is 21.8 Å². The highest BCUT2D eigenvalue weighted by molar-refractivity contribution is 7.91. The smallest absolute Gasteiger partial charge is 0.259 e. The van der Waals surface area contributed by atoms with Crippen LogP contribution in [0.25, 0.3) is 22.3 Å². The predicted molar refractivity (Wildman–Crippen MR) is 210 cm³/mol. The van der Waals surface area contributed by atoms with Crippen LogP contribution in [0.4, 0.5) is 0 Å². The molecule has 4 unspecified atom stereocenters. The van der Waals surface area contributed by atoms with E-state index in [9.17, 15) is 22.8 Å². The van der Waals surface area contributed by atoms with Gasteiger partial charge in [-0.15, -0.1) is 11.3 Å². The number of amides is 3. The van der Waals surface area contributed by atoms with Crippen molar-refractivity contribution in [2.45, 2.75) is 113 Å². The Bertz CT molecular complexity index is 2130. The molecule has 294 valence electrons. The standard InChI is InChI=1S/C41H51N5O7S2/c1-24-34(52-3)17-16-29-35(21-32(42-36(24)29)33-23-54-38(43-33)25-11-7-6-8-12-25)53-27-19-30-31(20-27)39(48)46(2)18-10-5-4-9-13-26-22-41(26,44-37(30)47)40(49)45-55(50,51)28-14-15-28/h9,13,16-17,21,23,25-28,30-31H,4-8,10-12,14-15,18-20,22H2,1-3H3,(H,44,47)(H,45,49)/t26-,27?,30?,31?,41?/m1/s1. The van der Waals surface area contributed by atoms with Crippen LogP contribution in [0.2, 0.25) is 0 Å². The number of sulfonamides is 1. The lowest BCUT2D eigenvalue weighted by Crippen LogP contribution is -2.54. The Balaban J connectivity index is 1.10. The summed E-state index contributed by atoms with van der Waals surface area (Å²) in [7, 11) is -0.422. The number of thiazole rings is 1. The Labute approximate surface area is 326 Å². The number of rotatable bonds is 8. The molecule has 4 aliphatic carbocycles. The summed E-state index contributed by atoms with van der Waals surface area (Å²) in [6.45, 7) is 2.53. The first-order valence-corrected chi connectivity index (χ1v) is 22.3. The highest BCUT2D eigenvalue weighted by atomic mass is 32.2. The SMILES string of the molecule is COc1ccc2c(OC3CC4C(=O)NC5(C(=O)NS(=O)(=O)C6CC6)C[C@H]5C=CCCCCN(C)C(=O)C4C3)cc(-c3csc(C4CCCCC4)n3)nc2c1C. The third-order valence-electron chi connectivity index (χ3n) is 12.4. The number of pyridine rings is 1. The minimum Gasteiger partial charge on any atom is -0.496 e. The van der Waals surface area contributed by atoms with Crippen molar-refractivity contribution in [2.75, 3.05) is 20.7 Å². The van der Waals surface area contributed by atoms with E-state index in [1.165, 1.54) is 19.3 Å². The fourth-order valence-electron chi connectivity index (χ4n) is 8.84. The molecule has 5 atom stereocenters. The molecule has 2 N–H and O–H groups in total. The monoisotopic (exact) mass is 789 g/mol. The van der Waals surface area contributed by atoms with E-state index in [-0.39, 0.29) is 18.2 Å². The maximum absolute atomic E-state index is 14.4. The van der Waals surface area contributed by atoms with Gasteiger partial charge in [-0.2, -0.15) is 0 Å². The number of benzene rings is 1. The molecule has 55 heavy (non-hydrogen) atoms. The van der Waals surface area contributed by atoms with Crippen molar-refractivity contribution in [1.82, 2.24) is 24.9 Å². The molecule has 2 aromatic heterocycles. The molecule has 14 heteroatoms. The minimum atomic E-state index is -3.83. The second kappa shape index (κ2) is 15.1. The van der Waals surface area contributed by atoms with Crippen molar-refractivity contribution in [3.63, 3.8) is 0 Å². The Morgan fingerprint density at radius 1 is 1.00 bits per heavy atom. The summed E-state index contributed by atoms with van der Waals surface area (Å²) in [5.41, 5.74) is 1.67. The van der Waals surface area contributed by atoms with Gasteiger partial charge in [-0.1, -0.05) is 31.4 Å². The van der Waals surface area contributed by atoms with Gasteiger partial charge in [0.1, 0.15) is 23.1 Å². The van der Waals surface area contributed by atoms with Crippen LogP contribution in [-0.4, -0.2) is 78.6 Å². The average Bonchev–Trinajstić information content (AvgIpc) is 4.06. The van der Waals surface area contributed by atoms with Crippen molar-refractivity contribution in [3.05, 3.63) is 46.3 Å². The molecular formula is C41H51N5O7S2. The zero-order valence-corrected chi connectivity index (χ0v) is 33.5. The zero-order valence-electron chi connectivity index (χ0n) is 31.8.